The van der Waals surface area contributed by atoms with E-state index >= 15 is 0 Å². The smallest absolute Gasteiger partial charge is 0.239 e. The van der Waals surface area contributed by atoms with Crippen molar-refractivity contribution in [1.29, 1.82) is 0 Å². The molecule has 4 N–H and O–H groups in total. The summed E-state index contributed by atoms with van der Waals surface area (Å²) < 4.78 is 1.75. The van der Waals surface area contributed by atoms with E-state index in [2.05, 4.69) is 15.7 Å². The van der Waals surface area contributed by atoms with Crippen LogP contribution in [0.1, 0.15) is 38.1 Å². The fourth-order valence-corrected chi connectivity index (χ4v) is 1.90. The van der Waals surface area contributed by atoms with Gasteiger partial charge < -0.3 is 16.4 Å². The van der Waals surface area contributed by atoms with Crippen LogP contribution in [0.15, 0.2) is 6.20 Å². The molecular weight excluding hydrogens is 270 g/mol. The molecule has 1 rings (SSSR count). The van der Waals surface area contributed by atoms with E-state index in [0.717, 1.165) is 11.3 Å². The molecule has 0 fully saturated rings. The number of nitrogens with one attached hydrogen (secondary N) is 2. The summed E-state index contributed by atoms with van der Waals surface area (Å²) in [4.78, 5) is 23.5. The third-order valence-corrected chi connectivity index (χ3v) is 3.56. The first-order valence-corrected chi connectivity index (χ1v) is 7.05. The van der Waals surface area contributed by atoms with Gasteiger partial charge in [-0.2, -0.15) is 5.10 Å². The molecule has 0 aromatic carbocycles. The summed E-state index contributed by atoms with van der Waals surface area (Å²) in [5.41, 5.74) is 7.66. The molecule has 21 heavy (non-hydrogen) atoms. The van der Waals surface area contributed by atoms with Crippen molar-refractivity contribution >= 4 is 11.8 Å². The van der Waals surface area contributed by atoms with Crippen LogP contribution in [0.2, 0.25) is 0 Å². The predicted octanol–water partition coefficient (Wildman–Crippen LogP) is 0.00522. The number of rotatable bonds is 6. The highest BCUT2D eigenvalue weighted by Crippen LogP contribution is 2.15. The van der Waals surface area contributed by atoms with E-state index in [0.29, 0.717) is 0 Å². The molecule has 0 spiro atoms. The molecule has 1 heterocycles. The van der Waals surface area contributed by atoms with Crippen molar-refractivity contribution in [3.63, 3.8) is 0 Å². The van der Waals surface area contributed by atoms with Gasteiger partial charge in [-0.05, 0) is 19.8 Å². The Morgan fingerprint density at radius 1 is 1.38 bits per heavy atom. The Kier molecular flexibility index (Phi) is 5.90. The molecular formula is C14H25N5O2. The van der Waals surface area contributed by atoms with Crippen LogP contribution < -0.4 is 16.4 Å². The molecule has 0 bridgehead atoms. The van der Waals surface area contributed by atoms with Gasteiger partial charge in [0.05, 0.1) is 24.8 Å². The molecule has 0 aliphatic rings. The first-order chi connectivity index (χ1) is 9.73. The average Bonchev–Trinajstić information content (AvgIpc) is 2.75. The van der Waals surface area contributed by atoms with Crippen LogP contribution in [0.4, 0.5) is 0 Å². The summed E-state index contributed by atoms with van der Waals surface area (Å²) >= 11 is 0. The van der Waals surface area contributed by atoms with E-state index in [1.807, 2.05) is 34.7 Å². The van der Waals surface area contributed by atoms with Crippen LogP contribution in [0.5, 0.6) is 0 Å². The van der Waals surface area contributed by atoms with Gasteiger partial charge in [0.1, 0.15) is 0 Å². The van der Waals surface area contributed by atoms with Gasteiger partial charge in [0.25, 0.3) is 0 Å². The van der Waals surface area contributed by atoms with Gasteiger partial charge >= 0.3 is 0 Å². The SMILES string of the molecule is Cc1c(C(C)NC(=O)CNC(=O)[C@@H](N)C(C)C)cnn1C. The van der Waals surface area contributed by atoms with Gasteiger partial charge in [-0.3, -0.25) is 14.3 Å². The number of amides is 2. The van der Waals surface area contributed by atoms with Crippen molar-refractivity contribution in [2.75, 3.05) is 6.54 Å². The van der Waals surface area contributed by atoms with E-state index in [4.69, 9.17) is 5.73 Å². The molecule has 2 amide bonds. The monoisotopic (exact) mass is 295 g/mol. The van der Waals surface area contributed by atoms with Crippen LogP contribution in [-0.2, 0) is 16.6 Å². The summed E-state index contributed by atoms with van der Waals surface area (Å²) in [5.74, 6) is -0.537. The van der Waals surface area contributed by atoms with Crippen LogP contribution >= 0.6 is 0 Å². The van der Waals surface area contributed by atoms with E-state index in [9.17, 15) is 9.59 Å². The molecule has 0 saturated heterocycles. The average molecular weight is 295 g/mol. The maximum absolute atomic E-state index is 11.8. The Hall–Kier alpha value is -1.89. The molecule has 1 aromatic rings. The summed E-state index contributed by atoms with van der Waals surface area (Å²) in [6.07, 6.45) is 1.73. The number of nitrogens with zero attached hydrogens (tertiary/aromatic N) is 2. The number of aryl methyl sites for hydroxylation is 1. The van der Waals surface area contributed by atoms with Gasteiger partial charge in [-0.1, -0.05) is 13.8 Å². The van der Waals surface area contributed by atoms with Gasteiger partial charge in [-0.25, -0.2) is 0 Å². The number of hydrogen-bond donors (Lipinski definition) is 3. The molecule has 0 radical (unpaired) electrons. The molecule has 7 heteroatoms. The molecule has 118 valence electrons. The number of nitrogens with two attached hydrogens (primary N) is 1. The van der Waals surface area contributed by atoms with E-state index in [1.54, 1.807) is 10.9 Å². The highest BCUT2D eigenvalue weighted by Gasteiger charge is 2.19. The third-order valence-electron chi connectivity index (χ3n) is 3.56. The lowest BCUT2D eigenvalue weighted by atomic mass is 10.1. The molecule has 0 aliphatic carbocycles. The number of carbonyl (C=O) groups excluding carboxylic acids is 2. The van der Waals surface area contributed by atoms with Crippen molar-refractivity contribution in [2.24, 2.45) is 18.7 Å². The lowest BCUT2D eigenvalue weighted by molar-refractivity contribution is -0.127. The molecule has 0 aliphatic heterocycles. The minimum atomic E-state index is -0.601. The summed E-state index contributed by atoms with van der Waals surface area (Å²) in [7, 11) is 1.85. The molecule has 1 aromatic heterocycles. The highest BCUT2D eigenvalue weighted by molar-refractivity contribution is 5.87. The maximum Gasteiger partial charge on any atom is 0.239 e. The van der Waals surface area contributed by atoms with Crippen molar-refractivity contribution < 1.29 is 9.59 Å². The Morgan fingerprint density at radius 2 is 2.00 bits per heavy atom. The largest absolute Gasteiger partial charge is 0.348 e. The fourth-order valence-electron chi connectivity index (χ4n) is 1.90. The summed E-state index contributed by atoms with van der Waals surface area (Å²) in [6.45, 7) is 7.45. The van der Waals surface area contributed by atoms with Gasteiger partial charge in [0.15, 0.2) is 0 Å². The van der Waals surface area contributed by atoms with E-state index < -0.39 is 6.04 Å². The Labute approximate surface area is 125 Å². The first kappa shape index (κ1) is 17.2. The second-order valence-corrected chi connectivity index (χ2v) is 5.59. The Bertz CT molecular complexity index is 509. The topological polar surface area (TPSA) is 102 Å². The minimum absolute atomic E-state index is 0.0324. The normalized spacial score (nSPS) is 13.9. The highest BCUT2D eigenvalue weighted by atomic mass is 16.2. The van der Waals surface area contributed by atoms with E-state index in [-0.39, 0.29) is 30.3 Å². The van der Waals surface area contributed by atoms with Crippen molar-refractivity contribution in [1.82, 2.24) is 20.4 Å². The molecule has 1 unspecified atom stereocenters. The van der Waals surface area contributed by atoms with Crippen molar-refractivity contribution in [3.8, 4) is 0 Å². The number of aromatic nitrogens is 2. The van der Waals surface area contributed by atoms with Crippen LogP contribution in [0.3, 0.4) is 0 Å². The maximum atomic E-state index is 11.8. The number of carbonyl (C=O) groups is 2. The Morgan fingerprint density at radius 3 is 2.48 bits per heavy atom. The zero-order valence-electron chi connectivity index (χ0n) is 13.3. The van der Waals surface area contributed by atoms with Gasteiger partial charge in [0.2, 0.25) is 11.8 Å². The van der Waals surface area contributed by atoms with Crippen molar-refractivity contribution in [2.45, 2.75) is 39.8 Å². The minimum Gasteiger partial charge on any atom is -0.348 e. The van der Waals surface area contributed by atoms with Crippen LogP contribution in [0.25, 0.3) is 0 Å². The standard InChI is InChI=1S/C14H25N5O2/c1-8(2)13(15)14(21)16-7-12(20)18-9(3)11-6-17-19(5)10(11)4/h6,8-9,13H,7,15H2,1-5H3,(H,16,21)(H,18,20)/t9?,13-/m0/s1. The first-order valence-electron chi connectivity index (χ1n) is 7.05. The zero-order chi connectivity index (χ0) is 16.2. The molecule has 2 atom stereocenters. The van der Waals surface area contributed by atoms with Crippen LogP contribution in [0, 0.1) is 12.8 Å². The summed E-state index contributed by atoms with van der Waals surface area (Å²) in [5, 5.41) is 9.51. The van der Waals surface area contributed by atoms with E-state index in [1.165, 1.54) is 0 Å². The fraction of sp³-hybridized carbons (Fsp3) is 0.643. The van der Waals surface area contributed by atoms with Gasteiger partial charge in [-0.15, -0.1) is 0 Å². The second kappa shape index (κ2) is 7.21. The molecule has 0 saturated carbocycles. The zero-order valence-corrected chi connectivity index (χ0v) is 13.3. The number of hydrogen-bond acceptors (Lipinski definition) is 4. The predicted molar refractivity (Wildman–Crippen MR) is 80.3 cm³/mol. The van der Waals surface area contributed by atoms with Crippen molar-refractivity contribution in [3.05, 3.63) is 17.5 Å². The van der Waals surface area contributed by atoms with Gasteiger partial charge in [0, 0.05) is 18.3 Å². The summed E-state index contributed by atoms with van der Waals surface area (Å²) in [6, 6.07) is -0.766. The lowest BCUT2D eigenvalue weighted by Gasteiger charge is -2.17. The lowest BCUT2D eigenvalue weighted by Crippen LogP contribution is -2.47. The molecule has 7 nitrogen and oxygen atoms in total. The second-order valence-electron chi connectivity index (χ2n) is 5.59. The quantitative estimate of drug-likeness (QED) is 0.687. The Balaban J connectivity index is 2.47. The van der Waals surface area contributed by atoms with Crippen LogP contribution in [-0.4, -0.2) is 34.2 Å². The third kappa shape index (κ3) is 4.56.